The molecule has 0 spiro atoms. The van der Waals surface area contributed by atoms with Crippen molar-refractivity contribution in [1.82, 2.24) is 0 Å². The SMILES string of the molecule is CCCCCCCCCCCCCCCCOCC(Br)(CBr)COC. The van der Waals surface area contributed by atoms with E-state index in [0.29, 0.717) is 13.2 Å². The summed E-state index contributed by atoms with van der Waals surface area (Å²) in [5.41, 5.74) is 0. The van der Waals surface area contributed by atoms with E-state index in [1.807, 2.05) is 0 Å². The van der Waals surface area contributed by atoms with Crippen molar-refractivity contribution < 1.29 is 9.47 Å². The zero-order valence-corrected chi connectivity index (χ0v) is 20.0. The zero-order chi connectivity index (χ0) is 18.6. The van der Waals surface area contributed by atoms with E-state index in [1.165, 1.54) is 89.9 Å². The molecule has 0 heterocycles. The summed E-state index contributed by atoms with van der Waals surface area (Å²) in [5.74, 6) is 0. The Bertz CT molecular complexity index is 264. The summed E-state index contributed by atoms with van der Waals surface area (Å²) >= 11 is 7.21. The van der Waals surface area contributed by atoms with Crippen LogP contribution in [0, 0.1) is 0 Å². The van der Waals surface area contributed by atoms with E-state index in [9.17, 15) is 0 Å². The second-order valence-corrected chi connectivity index (χ2v) is 9.61. The van der Waals surface area contributed by atoms with Gasteiger partial charge in [0, 0.05) is 19.0 Å². The largest absolute Gasteiger partial charge is 0.383 e. The molecule has 0 aliphatic rings. The normalized spacial score (nSPS) is 13.9. The van der Waals surface area contributed by atoms with Gasteiger partial charge in [0.05, 0.1) is 17.5 Å². The van der Waals surface area contributed by atoms with Crippen molar-refractivity contribution in [2.45, 2.75) is 101 Å². The maximum Gasteiger partial charge on any atom is 0.0819 e. The highest BCUT2D eigenvalue weighted by Crippen LogP contribution is 2.22. The molecule has 0 rings (SSSR count). The third kappa shape index (κ3) is 18.0. The van der Waals surface area contributed by atoms with Gasteiger partial charge in [-0.25, -0.2) is 0 Å². The van der Waals surface area contributed by atoms with E-state index < -0.39 is 0 Å². The molecule has 0 aromatic carbocycles. The molecule has 0 saturated carbocycles. The Morgan fingerprint density at radius 2 is 1.12 bits per heavy atom. The maximum atomic E-state index is 5.79. The zero-order valence-electron chi connectivity index (χ0n) is 16.8. The van der Waals surface area contributed by atoms with Gasteiger partial charge in [-0.05, 0) is 6.42 Å². The number of ether oxygens (including phenoxy) is 2. The Kier molecular flexibility index (Phi) is 20.3. The summed E-state index contributed by atoms with van der Waals surface area (Å²) in [7, 11) is 1.73. The first-order valence-electron chi connectivity index (χ1n) is 10.5. The first-order valence-corrected chi connectivity index (χ1v) is 12.4. The number of halogens is 2. The number of hydrogen-bond acceptors (Lipinski definition) is 2. The average Bonchev–Trinajstić information content (AvgIpc) is 2.61. The van der Waals surface area contributed by atoms with Crippen LogP contribution in [0.25, 0.3) is 0 Å². The fourth-order valence-electron chi connectivity index (χ4n) is 3.03. The molecule has 0 bridgehead atoms. The quantitative estimate of drug-likeness (QED) is 0.130. The average molecular weight is 486 g/mol. The predicted molar refractivity (Wildman–Crippen MR) is 118 cm³/mol. The van der Waals surface area contributed by atoms with Gasteiger partial charge in [0.25, 0.3) is 0 Å². The Labute approximate surface area is 174 Å². The second kappa shape index (κ2) is 19.6. The van der Waals surface area contributed by atoms with Crippen LogP contribution in [0.3, 0.4) is 0 Å². The standard InChI is InChI=1S/C21H42Br2O2/c1-3-4-5-6-7-8-9-10-11-12-13-14-15-16-17-25-20-21(23,18-22)19-24-2/h3-20H2,1-2H3. The summed E-state index contributed by atoms with van der Waals surface area (Å²) in [5, 5.41) is 0.840. The van der Waals surface area contributed by atoms with Gasteiger partial charge in [0.15, 0.2) is 0 Å². The third-order valence-corrected chi connectivity index (χ3v) is 7.21. The molecule has 0 amide bonds. The number of unbranched alkanes of at least 4 members (excludes halogenated alkanes) is 13. The van der Waals surface area contributed by atoms with Crippen LogP contribution in [-0.4, -0.2) is 36.6 Å². The van der Waals surface area contributed by atoms with Gasteiger partial charge in [-0.3, -0.25) is 0 Å². The minimum atomic E-state index is -0.0856. The Hall–Kier alpha value is 0.880. The van der Waals surface area contributed by atoms with Gasteiger partial charge >= 0.3 is 0 Å². The Balaban J connectivity index is 3.19. The third-order valence-electron chi connectivity index (χ3n) is 4.65. The lowest BCUT2D eigenvalue weighted by molar-refractivity contribution is 0.0811. The van der Waals surface area contributed by atoms with Crippen LogP contribution in [0.15, 0.2) is 0 Å². The van der Waals surface area contributed by atoms with Crippen molar-refractivity contribution in [3.63, 3.8) is 0 Å². The highest BCUT2D eigenvalue weighted by Gasteiger charge is 2.25. The van der Waals surface area contributed by atoms with Gasteiger partial charge in [-0.1, -0.05) is 122 Å². The van der Waals surface area contributed by atoms with E-state index in [4.69, 9.17) is 9.47 Å². The molecular formula is C21H42Br2O2. The van der Waals surface area contributed by atoms with Gasteiger partial charge in [0.1, 0.15) is 0 Å². The summed E-state index contributed by atoms with van der Waals surface area (Å²) in [6.45, 7) is 4.51. The first kappa shape index (κ1) is 25.9. The lowest BCUT2D eigenvalue weighted by Gasteiger charge is -2.23. The number of rotatable bonds is 20. The molecular weight excluding hydrogens is 444 g/mol. The summed E-state index contributed by atoms with van der Waals surface area (Å²) in [6, 6.07) is 0. The molecule has 152 valence electrons. The molecule has 1 atom stereocenters. The fraction of sp³-hybridized carbons (Fsp3) is 1.00. The minimum Gasteiger partial charge on any atom is -0.383 e. The lowest BCUT2D eigenvalue weighted by Crippen LogP contribution is -2.34. The van der Waals surface area contributed by atoms with E-state index in [0.717, 1.165) is 11.9 Å². The predicted octanol–water partition coefficient (Wildman–Crippen LogP) is 7.66. The van der Waals surface area contributed by atoms with Crippen molar-refractivity contribution in [2.24, 2.45) is 0 Å². The molecule has 0 fully saturated rings. The Morgan fingerprint density at radius 1 is 0.680 bits per heavy atom. The van der Waals surface area contributed by atoms with Crippen molar-refractivity contribution in [1.29, 1.82) is 0 Å². The van der Waals surface area contributed by atoms with Crippen molar-refractivity contribution in [3.05, 3.63) is 0 Å². The highest BCUT2D eigenvalue weighted by molar-refractivity contribution is 9.12. The second-order valence-electron chi connectivity index (χ2n) is 7.37. The van der Waals surface area contributed by atoms with Crippen LogP contribution in [0.5, 0.6) is 0 Å². The molecule has 4 heteroatoms. The maximum absolute atomic E-state index is 5.79. The van der Waals surface area contributed by atoms with Crippen LogP contribution >= 0.6 is 31.9 Å². The topological polar surface area (TPSA) is 18.5 Å². The molecule has 25 heavy (non-hydrogen) atoms. The van der Waals surface area contributed by atoms with E-state index in [-0.39, 0.29) is 4.32 Å². The first-order chi connectivity index (χ1) is 12.2. The van der Waals surface area contributed by atoms with Gasteiger partial charge < -0.3 is 9.47 Å². The molecule has 0 aromatic rings. The number of hydrogen-bond donors (Lipinski definition) is 0. The smallest absolute Gasteiger partial charge is 0.0819 e. The van der Waals surface area contributed by atoms with Crippen LogP contribution in [0.4, 0.5) is 0 Å². The molecule has 0 aromatic heterocycles. The van der Waals surface area contributed by atoms with Crippen molar-refractivity contribution >= 4 is 31.9 Å². The van der Waals surface area contributed by atoms with E-state index >= 15 is 0 Å². The molecule has 0 aliphatic carbocycles. The molecule has 0 saturated heterocycles. The van der Waals surface area contributed by atoms with E-state index in [1.54, 1.807) is 7.11 Å². The fourth-order valence-corrected chi connectivity index (χ4v) is 3.75. The van der Waals surface area contributed by atoms with Gasteiger partial charge in [0.2, 0.25) is 0 Å². The number of methoxy groups -OCH3 is 1. The van der Waals surface area contributed by atoms with Crippen LogP contribution < -0.4 is 0 Å². The summed E-state index contributed by atoms with van der Waals surface area (Å²) in [4.78, 5) is 0. The van der Waals surface area contributed by atoms with Crippen molar-refractivity contribution in [3.8, 4) is 0 Å². The van der Waals surface area contributed by atoms with E-state index in [2.05, 4.69) is 38.8 Å². The van der Waals surface area contributed by atoms with Gasteiger partial charge in [-0.15, -0.1) is 0 Å². The molecule has 0 radical (unpaired) electrons. The molecule has 2 nitrogen and oxygen atoms in total. The Morgan fingerprint density at radius 3 is 1.52 bits per heavy atom. The van der Waals surface area contributed by atoms with Crippen LogP contribution in [-0.2, 0) is 9.47 Å². The lowest BCUT2D eigenvalue weighted by atomic mass is 10.0. The summed E-state index contributed by atoms with van der Waals surface area (Å²) < 4.78 is 10.9. The van der Waals surface area contributed by atoms with Crippen LogP contribution in [0.2, 0.25) is 0 Å². The highest BCUT2D eigenvalue weighted by atomic mass is 79.9. The molecule has 0 aliphatic heterocycles. The number of alkyl halides is 2. The summed E-state index contributed by atoms with van der Waals surface area (Å²) in [6.07, 6.45) is 19.5. The molecule has 1 unspecified atom stereocenters. The van der Waals surface area contributed by atoms with Crippen molar-refractivity contribution in [2.75, 3.05) is 32.3 Å². The van der Waals surface area contributed by atoms with Gasteiger partial charge in [-0.2, -0.15) is 0 Å². The molecule has 0 N–H and O–H groups in total. The van der Waals surface area contributed by atoms with Crippen LogP contribution in [0.1, 0.15) is 96.8 Å². The monoisotopic (exact) mass is 484 g/mol. The minimum absolute atomic E-state index is 0.0856.